The molecule has 0 spiro atoms. The number of benzene rings is 1. The topological polar surface area (TPSA) is 58.6 Å². The predicted octanol–water partition coefficient (Wildman–Crippen LogP) is 3.37. The molecule has 0 saturated carbocycles. The van der Waals surface area contributed by atoms with E-state index in [2.05, 4.69) is 11.9 Å². The number of amides is 1. The maximum Gasteiger partial charge on any atom is 0.244 e. The number of carbonyl (C=O) groups excluding carboxylic acids is 1. The fraction of sp³-hybridized carbons (Fsp3) is 0.235. The molecular formula is C17H19NO3. The summed E-state index contributed by atoms with van der Waals surface area (Å²) in [6.45, 7) is 7.72. The highest BCUT2D eigenvalue weighted by Gasteiger charge is 2.18. The monoisotopic (exact) mass is 285 g/mol. The summed E-state index contributed by atoms with van der Waals surface area (Å²) in [7, 11) is 0. The SMILES string of the molecule is C=C(C)C(=CCC)Oc1cc(C2C=CC(=O)N2)ccc1O. The van der Waals surface area contributed by atoms with Gasteiger partial charge in [0, 0.05) is 6.08 Å². The van der Waals surface area contributed by atoms with E-state index in [0.29, 0.717) is 11.5 Å². The summed E-state index contributed by atoms with van der Waals surface area (Å²) in [5, 5.41) is 12.7. The van der Waals surface area contributed by atoms with Crippen molar-refractivity contribution < 1.29 is 14.6 Å². The summed E-state index contributed by atoms with van der Waals surface area (Å²) in [6.07, 6.45) is 5.99. The molecule has 1 aromatic rings. The van der Waals surface area contributed by atoms with Gasteiger partial charge in [-0.3, -0.25) is 4.79 Å². The quantitative estimate of drug-likeness (QED) is 0.644. The molecule has 1 aromatic carbocycles. The second-order valence-electron chi connectivity index (χ2n) is 4.93. The zero-order valence-electron chi connectivity index (χ0n) is 12.2. The standard InChI is InChI=1S/C17H19NO3/c1-4-5-15(11(2)3)21-16-10-12(6-8-14(16)19)13-7-9-17(20)18-13/h5-10,13,19H,2,4H2,1,3H3,(H,18,20). The van der Waals surface area contributed by atoms with Gasteiger partial charge in [0.15, 0.2) is 11.5 Å². The fourth-order valence-electron chi connectivity index (χ4n) is 2.04. The van der Waals surface area contributed by atoms with Gasteiger partial charge in [-0.05, 0) is 42.7 Å². The molecule has 0 aliphatic carbocycles. The number of ether oxygens (including phenoxy) is 1. The Kier molecular flexibility index (Phi) is 4.48. The Hall–Kier alpha value is -2.49. The summed E-state index contributed by atoms with van der Waals surface area (Å²) in [5.41, 5.74) is 1.64. The average molecular weight is 285 g/mol. The second kappa shape index (κ2) is 6.31. The van der Waals surface area contributed by atoms with E-state index in [4.69, 9.17) is 4.74 Å². The van der Waals surface area contributed by atoms with Crippen LogP contribution >= 0.6 is 0 Å². The molecule has 1 atom stereocenters. The lowest BCUT2D eigenvalue weighted by Gasteiger charge is -2.15. The van der Waals surface area contributed by atoms with Crippen molar-refractivity contribution in [1.29, 1.82) is 0 Å². The summed E-state index contributed by atoms with van der Waals surface area (Å²) in [6, 6.07) is 4.85. The van der Waals surface area contributed by atoms with Crippen molar-refractivity contribution in [1.82, 2.24) is 5.32 Å². The third-order valence-electron chi connectivity index (χ3n) is 3.11. The molecule has 0 fully saturated rings. The maximum absolute atomic E-state index is 11.2. The number of hydrogen-bond donors (Lipinski definition) is 2. The minimum atomic E-state index is -0.191. The molecule has 0 bridgehead atoms. The number of carbonyl (C=O) groups is 1. The fourth-order valence-corrected chi connectivity index (χ4v) is 2.04. The highest BCUT2D eigenvalue weighted by molar-refractivity contribution is 5.90. The molecule has 1 aliphatic rings. The van der Waals surface area contributed by atoms with Gasteiger partial charge in [0.2, 0.25) is 5.91 Å². The normalized spacial score (nSPS) is 17.7. The van der Waals surface area contributed by atoms with Crippen LogP contribution in [-0.2, 0) is 4.79 Å². The van der Waals surface area contributed by atoms with Crippen LogP contribution in [-0.4, -0.2) is 11.0 Å². The molecule has 2 N–H and O–H groups in total. The highest BCUT2D eigenvalue weighted by Crippen LogP contribution is 2.32. The smallest absolute Gasteiger partial charge is 0.244 e. The van der Waals surface area contributed by atoms with E-state index in [-0.39, 0.29) is 17.7 Å². The number of allylic oxidation sites excluding steroid dienone is 2. The predicted molar refractivity (Wildman–Crippen MR) is 81.9 cm³/mol. The van der Waals surface area contributed by atoms with Gasteiger partial charge in [0.25, 0.3) is 0 Å². The first-order valence-corrected chi connectivity index (χ1v) is 6.86. The largest absolute Gasteiger partial charge is 0.504 e. The summed E-state index contributed by atoms with van der Waals surface area (Å²) in [4.78, 5) is 11.2. The number of rotatable bonds is 5. The first kappa shape index (κ1) is 14.9. The van der Waals surface area contributed by atoms with Gasteiger partial charge in [-0.1, -0.05) is 25.6 Å². The van der Waals surface area contributed by atoms with Gasteiger partial charge in [-0.2, -0.15) is 0 Å². The minimum Gasteiger partial charge on any atom is -0.504 e. The van der Waals surface area contributed by atoms with Crippen LogP contribution in [0, 0.1) is 0 Å². The van der Waals surface area contributed by atoms with Crippen molar-refractivity contribution >= 4 is 5.91 Å². The van der Waals surface area contributed by atoms with Gasteiger partial charge in [-0.15, -0.1) is 0 Å². The molecule has 21 heavy (non-hydrogen) atoms. The lowest BCUT2D eigenvalue weighted by Crippen LogP contribution is -2.19. The lowest BCUT2D eigenvalue weighted by atomic mass is 10.1. The third kappa shape index (κ3) is 3.54. The van der Waals surface area contributed by atoms with Crippen molar-refractivity contribution in [3.63, 3.8) is 0 Å². The number of nitrogens with one attached hydrogen (secondary N) is 1. The molecule has 0 saturated heterocycles. The van der Waals surface area contributed by atoms with Crippen molar-refractivity contribution in [2.45, 2.75) is 26.3 Å². The Morgan fingerprint density at radius 3 is 2.86 bits per heavy atom. The Morgan fingerprint density at radius 2 is 2.29 bits per heavy atom. The van der Waals surface area contributed by atoms with Gasteiger partial charge in [-0.25, -0.2) is 0 Å². The van der Waals surface area contributed by atoms with E-state index in [9.17, 15) is 9.90 Å². The van der Waals surface area contributed by atoms with Crippen LogP contribution < -0.4 is 10.1 Å². The van der Waals surface area contributed by atoms with Gasteiger partial charge >= 0.3 is 0 Å². The summed E-state index contributed by atoms with van der Waals surface area (Å²) >= 11 is 0. The second-order valence-corrected chi connectivity index (χ2v) is 4.93. The Labute approximate surface area is 124 Å². The zero-order valence-corrected chi connectivity index (χ0v) is 12.2. The van der Waals surface area contributed by atoms with Gasteiger partial charge in [0.1, 0.15) is 5.76 Å². The van der Waals surface area contributed by atoms with Crippen LogP contribution in [0.2, 0.25) is 0 Å². The van der Waals surface area contributed by atoms with E-state index < -0.39 is 0 Å². The number of phenolic OH excluding ortho intramolecular Hbond substituents is 1. The van der Waals surface area contributed by atoms with E-state index in [1.807, 2.05) is 19.9 Å². The summed E-state index contributed by atoms with van der Waals surface area (Å²) in [5.74, 6) is 0.917. The molecule has 4 heteroatoms. The Bertz CT molecular complexity index is 629. The van der Waals surface area contributed by atoms with E-state index in [1.54, 1.807) is 24.3 Å². The van der Waals surface area contributed by atoms with Crippen molar-refractivity contribution in [2.75, 3.05) is 0 Å². The minimum absolute atomic E-state index is 0.0512. The van der Waals surface area contributed by atoms with Crippen molar-refractivity contribution in [3.8, 4) is 11.5 Å². The molecule has 0 radical (unpaired) electrons. The molecule has 1 heterocycles. The molecule has 1 unspecified atom stereocenters. The van der Waals surface area contributed by atoms with Crippen molar-refractivity contribution in [2.24, 2.45) is 0 Å². The first-order valence-electron chi connectivity index (χ1n) is 6.86. The van der Waals surface area contributed by atoms with Crippen LogP contribution in [0.25, 0.3) is 0 Å². The molecule has 1 aliphatic heterocycles. The zero-order chi connectivity index (χ0) is 15.4. The Balaban J connectivity index is 2.27. The summed E-state index contributed by atoms with van der Waals surface area (Å²) < 4.78 is 5.75. The van der Waals surface area contributed by atoms with E-state index in [1.165, 1.54) is 6.08 Å². The van der Waals surface area contributed by atoms with Gasteiger partial charge < -0.3 is 15.2 Å². The molecule has 0 aromatic heterocycles. The van der Waals surface area contributed by atoms with Crippen molar-refractivity contribution in [3.05, 3.63) is 59.9 Å². The first-order chi connectivity index (χ1) is 10.0. The highest BCUT2D eigenvalue weighted by atomic mass is 16.5. The van der Waals surface area contributed by atoms with E-state index >= 15 is 0 Å². The Morgan fingerprint density at radius 1 is 1.52 bits per heavy atom. The van der Waals surface area contributed by atoms with Crippen LogP contribution in [0.4, 0.5) is 0 Å². The number of hydrogen-bond acceptors (Lipinski definition) is 3. The number of aromatic hydroxyl groups is 1. The molecule has 4 nitrogen and oxygen atoms in total. The van der Waals surface area contributed by atoms with Crippen LogP contribution in [0.5, 0.6) is 11.5 Å². The van der Waals surface area contributed by atoms with Crippen LogP contribution in [0.1, 0.15) is 31.9 Å². The van der Waals surface area contributed by atoms with E-state index in [0.717, 1.165) is 17.6 Å². The molecular weight excluding hydrogens is 266 g/mol. The third-order valence-corrected chi connectivity index (χ3v) is 3.11. The van der Waals surface area contributed by atoms with Gasteiger partial charge in [0.05, 0.1) is 6.04 Å². The lowest BCUT2D eigenvalue weighted by molar-refractivity contribution is -0.116. The molecule has 2 rings (SSSR count). The maximum atomic E-state index is 11.2. The van der Waals surface area contributed by atoms with Crippen LogP contribution in [0.15, 0.2) is 54.3 Å². The van der Waals surface area contributed by atoms with Crippen LogP contribution in [0.3, 0.4) is 0 Å². The number of phenols is 1. The molecule has 110 valence electrons. The molecule has 1 amide bonds. The average Bonchev–Trinajstić information content (AvgIpc) is 2.87.